The fourth-order valence-electron chi connectivity index (χ4n) is 1.61. The van der Waals surface area contributed by atoms with Gasteiger partial charge in [-0.1, -0.05) is 23.2 Å². The lowest BCUT2D eigenvalue weighted by Crippen LogP contribution is -1.96. The molecule has 0 saturated heterocycles. The quantitative estimate of drug-likeness (QED) is 0.729. The van der Waals surface area contributed by atoms with Crippen LogP contribution in [-0.2, 0) is 6.61 Å². The number of rotatable bonds is 3. The number of hydrogen-bond donors (Lipinski definition) is 0. The van der Waals surface area contributed by atoms with Gasteiger partial charge in [-0.3, -0.25) is 0 Å². The summed E-state index contributed by atoms with van der Waals surface area (Å²) in [5, 5.41) is 1.00. The first-order chi connectivity index (χ1) is 9.22. The van der Waals surface area contributed by atoms with Gasteiger partial charge in [-0.25, -0.2) is 4.98 Å². The highest BCUT2D eigenvalue weighted by atomic mass is 35.5. The molecule has 0 N–H and O–H groups in total. The van der Waals surface area contributed by atoms with E-state index in [1.165, 1.54) is 0 Å². The van der Waals surface area contributed by atoms with Crippen molar-refractivity contribution in [1.29, 1.82) is 0 Å². The average molecular weight is 295 g/mol. The van der Waals surface area contributed by atoms with Gasteiger partial charge in [0.15, 0.2) is 17.8 Å². The van der Waals surface area contributed by atoms with Gasteiger partial charge in [0.05, 0.1) is 5.02 Å². The number of oxazole rings is 1. The third-order valence-electron chi connectivity index (χ3n) is 2.45. The van der Waals surface area contributed by atoms with E-state index in [2.05, 4.69) is 9.97 Å². The van der Waals surface area contributed by atoms with Crippen molar-refractivity contribution in [2.75, 3.05) is 0 Å². The first-order valence-corrected chi connectivity index (χ1v) is 6.26. The minimum atomic E-state index is 0.178. The maximum atomic E-state index is 6.00. The van der Waals surface area contributed by atoms with Crippen molar-refractivity contribution in [3.05, 3.63) is 52.5 Å². The lowest BCUT2D eigenvalue weighted by atomic mass is 10.3. The molecule has 0 aliphatic heterocycles. The number of halogens is 2. The highest BCUT2D eigenvalue weighted by Crippen LogP contribution is 2.28. The minimum absolute atomic E-state index is 0.178. The monoisotopic (exact) mass is 294 g/mol. The summed E-state index contributed by atoms with van der Waals surface area (Å²) in [5.74, 6) is 0.973. The minimum Gasteiger partial charge on any atom is -0.482 e. The van der Waals surface area contributed by atoms with Gasteiger partial charge in [0.25, 0.3) is 0 Å². The molecule has 0 unspecified atom stereocenters. The molecule has 3 aromatic rings. The number of hydrogen-bond acceptors (Lipinski definition) is 4. The van der Waals surface area contributed by atoms with E-state index < -0.39 is 0 Å². The number of nitrogens with zero attached hydrogens (tertiary/aromatic N) is 2. The molecule has 0 amide bonds. The van der Waals surface area contributed by atoms with Crippen molar-refractivity contribution in [3.8, 4) is 5.75 Å². The molecule has 2 heterocycles. The summed E-state index contributed by atoms with van der Waals surface area (Å²) in [6.45, 7) is 0.178. The Morgan fingerprint density at radius 3 is 2.89 bits per heavy atom. The Morgan fingerprint density at radius 2 is 2.11 bits per heavy atom. The maximum absolute atomic E-state index is 6.00. The Hall–Kier alpha value is -1.78. The molecule has 2 aromatic heterocycles. The Kier molecular flexibility index (Phi) is 3.27. The summed E-state index contributed by atoms with van der Waals surface area (Å²) < 4.78 is 11.0. The zero-order valence-corrected chi connectivity index (χ0v) is 11.1. The Labute approximate surface area is 118 Å². The first kappa shape index (κ1) is 12.3. The van der Waals surface area contributed by atoms with Gasteiger partial charge >= 0.3 is 0 Å². The zero-order valence-electron chi connectivity index (χ0n) is 9.64. The summed E-state index contributed by atoms with van der Waals surface area (Å²) >= 11 is 11.8. The molecule has 0 spiro atoms. The zero-order chi connectivity index (χ0) is 13.2. The SMILES string of the molecule is Clc1ccc(OCc2nc3ncccc3o2)c(Cl)c1. The van der Waals surface area contributed by atoms with Gasteiger partial charge in [0, 0.05) is 11.2 Å². The molecule has 0 fully saturated rings. The highest BCUT2D eigenvalue weighted by molar-refractivity contribution is 6.35. The van der Waals surface area contributed by atoms with Crippen LogP contribution >= 0.6 is 23.2 Å². The number of pyridine rings is 1. The molecular formula is C13H8Cl2N2O2. The third kappa shape index (κ3) is 2.64. The van der Waals surface area contributed by atoms with Crippen LogP contribution in [0.25, 0.3) is 11.2 Å². The van der Waals surface area contributed by atoms with Crippen LogP contribution in [-0.4, -0.2) is 9.97 Å². The molecule has 96 valence electrons. The summed E-state index contributed by atoms with van der Waals surface area (Å²) in [7, 11) is 0. The summed E-state index contributed by atoms with van der Waals surface area (Å²) in [5.41, 5.74) is 1.19. The molecule has 0 aliphatic carbocycles. The van der Waals surface area contributed by atoms with Crippen molar-refractivity contribution in [3.63, 3.8) is 0 Å². The summed E-state index contributed by atoms with van der Waals surface area (Å²) in [6, 6.07) is 8.61. The molecule has 19 heavy (non-hydrogen) atoms. The lowest BCUT2D eigenvalue weighted by Gasteiger charge is -2.05. The lowest BCUT2D eigenvalue weighted by molar-refractivity contribution is 0.267. The number of benzene rings is 1. The number of aromatic nitrogens is 2. The maximum Gasteiger partial charge on any atom is 0.235 e. The van der Waals surface area contributed by atoms with E-state index in [4.69, 9.17) is 32.4 Å². The molecule has 3 rings (SSSR count). The molecule has 0 bridgehead atoms. The van der Waals surface area contributed by atoms with Crippen LogP contribution in [0.5, 0.6) is 5.75 Å². The fraction of sp³-hybridized carbons (Fsp3) is 0.0769. The highest BCUT2D eigenvalue weighted by Gasteiger charge is 2.08. The van der Waals surface area contributed by atoms with E-state index >= 15 is 0 Å². The molecule has 1 aromatic carbocycles. The van der Waals surface area contributed by atoms with Crippen LogP contribution in [0.15, 0.2) is 40.9 Å². The second-order valence-electron chi connectivity index (χ2n) is 3.80. The first-order valence-electron chi connectivity index (χ1n) is 5.50. The van der Waals surface area contributed by atoms with Crippen LogP contribution in [0.3, 0.4) is 0 Å². The van der Waals surface area contributed by atoms with Crippen LogP contribution in [0.2, 0.25) is 10.0 Å². The van der Waals surface area contributed by atoms with Gasteiger partial charge in [-0.05, 0) is 30.3 Å². The van der Waals surface area contributed by atoms with Crippen molar-refractivity contribution < 1.29 is 9.15 Å². The van der Waals surface area contributed by atoms with Crippen LogP contribution in [0.4, 0.5) is 0 Å². The third-order valence-corrected chi connectivity index (χ3v) is 2.98. The van der Waals surface area contributed by atoms with E-state index in [0.29, 0.717) is 32.9 Å². The largest absolute Gasteiger partial charge is 0.482 e. The summed E-state index contributed by atoms with van der Waals surface area (Å²) in [4.78, 5) is 8.29. The van der Waals surface area contributed by atoms with Gasteiger partial charge < -0.3 is 9.15 Å². The standard InChI is InChI=1S/C13H8Cl2N2O2/c14-8-3-4-10(9(15)6-8)18-7-12-17-13-11(19-12)2-1-5-16-13/h1-6H,7H2. The fourth-order valence-corrected chi connectivity index (χ4v) is 2.07. The van der Waals surface area contributed by atoms with E-state index in [1.807, 2.05) is 0 Å². The topological polar surface area (TPSA) is 48.2 Å². The van der Waals surface area contributed by atoms with Crippen molar-refractivity contribution in [2.24, 2.45) is 0 Å². The Balaban J connectivity index is 1.78. The van der Waals surface area contributed by atoms with E-state index in [1.54, 1.807) is 36.5 Å². The predicted octanol–water partition coefficient (Wildman–Crippen LogP) is 4.11. The van der Waals surface area contributed by atoms with Crippen molar-refractivity contribution in [2.45, 2.75) is 6.61 Å². The van der Waals surface area contributed by atoms with Gasteiger partial charge in [-0.15, -0.1) is 0 Å². The Bertz CT molecular complexity index is 694. The van der Waals surface area contributed by atoms with Gasteiger partial charge in [0.2, 0.25) is 5.89 Å². The number of ether oxygens (including phenoxy) is 1. The molecule has 4 nitrogen and oxygen atoms in total. The van der Waals surface area contributed by atoms with Crippen LogP contribution < -0.4 is 4.74 Å². The average Bonchev–Trinajstić information content (AvgIpc) is 2.80. The molecule has 0 radical (unpaired) electrons. The molecule has 0 aliphatic rings. The molecule has 0 atom stereocenters. The smallest absolute Gasteiger partial charge is 0.235 e. The predicted molar refractivity (Wildman–Crippen MR) is 72.6 cm³/mol. The second-order valence-corrected chi connectivity index (χ2v) is 4.64. The van der Waals surface area contributed by atoms with Gasteiger partial charge in [-0.2, -0.15) is 4.98 Å². The van der Waals surface area contributed by atoms with Crippen molar-refractivity contribution in [1.82, 2.24) is 9.97 Å². The summed E-state index contributed by atoms with van der Waals surface area (Å²) in [6.07, 6.45) is 1.66. The molecular weight excluding hydrogens is 287 g/mol. The van der Waals surface area contributed by atoms with Crippen molar-refractivity contribution >= 4 is 34.4 Å². The van der Waals surface area contributed by atoms with E-state index in [9.17, 15) is 0 Å². The van der Waals surface area contributed by atoms with Crippen LogP contribution in [0, 0.1) is 0 Å². The number of fused-ring (bicyclic) bond motifs is 1. The normalized spacial score (nSPS) is 10.8. The van der Waals surface area contributed by atoms with E-state index in [0.717, 1.165) is 0 Å². The van der Waals surface area contributed by atoms with Crippen LogP contribution in [0.1, 0.15) is 5.89 Å². The second kappa shape index (κ2) is 5.07. The molecule has 0 saturated carbocycles. The molecule has 6 heteroatoms. The van der Waals surface area contributed by atoms with Gasteiger partial charge in [0.1, 0.15) is 5.75 Å². The van der Waals surface area contributed by atoms with E-state index in [-0.39, 0.29) is 6.61 Å². The Morgan fingerprint density at radius 1 is 1.21 bits per heavy atom.